The first-order valence-electron chi connectivity index (χ1n) is 7.14. The summed E-state index contributed by atoms with van der Waals surface area (Å²) >= 11 is 0. The number of aromatic amines is 1. The first-order valence-corrected chi connectivity index (χ1v) is 7.14. The zero-order valence-electron chi connectivity index (χ0n) is 12.1. The number of hydrogen-bond donors (Lipinski definition) is 3. The van der Waals surface area contributed by atoms with Crippen LogP contribution in [0.15, 0.2) is 59.7 Å². The van der Waals surface area contributed by atoms with E-state index >= 15 is 0 Å². The lowest BCUT2D eigenvalue weighted by atomic mass is 10.1. The summed E-state index contributed by atoms with van der Waals surface area (Å²) in [5.41, 5.74) is 1.92. The van der Waals surface area contributed by atoms with Crippen LogP contribution >= 0.6 is 0 Å². The summed E-state index contributed by atoms with van der Waals surface area (Å²) in [6.45, 7) is 0. The van der Waals surface area contributed by atoms with Gasteiger partial charge in [-0.1, -0.05) is 24.3 Å². The van der Waals surface area contributed by atoms with E-state index in [1.165, 1.54) is 0 Å². The molecule has 23 heavy (non-hydrogen) atoms. The maximum absolute atomic E-state index is 10.0. The molecule has 5 nitrogen and oxygen atoms in total. The van der Waals surface area contributed by atoms with Crippen molar-refractivity contribution >= 4 is 33.7 Å². The molecule has 3 N–H and O–H groups in total. The second-order valence-electron chi connectivity index (χ2n) is 5.19. The third-order valence-electron chi connectivity index (χ3n) is 3.80. The number of rotatable bonds is 2. The molecule has 0 saturated heterocycles. The SMILES string of the molecule is Oc1[nH]c2ncccc2c1C=Nc1ccc(O)c2ccccc12. The number of aromatic hydroxyl groups is 2. The van der Waals surface area contributed by atoms with Crippen LogP contribution in [-0.2, 0) is 0 Å². The summed E-state index contributed by atoms with van der Waals surface area (Å²) < 4.78 is 0. The van der Waals surface area contributed by atoms with E-state index in [9.17, 15) is 10.2 Å². The number of nitrogens with zero attached hydrogens (tertiary/aromatic N) is 2. The van der Waals surface area contributed by atoms with Crippen molar-refractivity contribution in [2.45, 2.75) is 0 Å². The number of H-pyrrole nitrogens is 1. The van der Waals surface area contributed by atoms with Crippen LogP contribution in [0.25, 0.3) is 21.8 Å². The van der Waals surface area contributed by atoms with Crippen molar-refractivity contribution in [3.8, 4) is 11.6 Å². The minimum absolute atomic E-state index is 0.0329. The van der Waals surface area contributed by atoms with Crippen molar-refractivity contribution in [1.82, 2.24) is 9.97 Å². The molecule has 0 aliphatic heterocycles. The van der Waals surface area contributed by atoms with Gasteiger partial charge in [0, 0.05) is 28.6 Å². The molecule has 0 unspecified atom stereocenters. The molecule has 0 amide bonds. The van der Waals surface area contributed by atoms with Gasteiger partial charge in [0.25, 0.3) is 0 Å². The van der Waals surface area contributed by atoms with Crippen LogP contribution in [0, 0.1) is 0 Å². The Morgan fingerprint density at radius 1 is 0.913 bits per heavy atom. The number of phenolic OH excluding ortho intramolecular Hbond substituents is 1. The standard InChI is InChI=1S/C18H13N3O2/c22-16-8-7-15(11-4-1-2-5-12(11)16)20-10-14-13-6-3-9-19-17(13)21-18(14)23/h1-10,22-23H,(H,19,21). The minimum atomic E-state index is 0.0329. The predicted octanol–water partition coefficient (Wildman–Crippen LogP) is 3.88. The molecule has 0 fully saturated rings. The lowest BCUT2D eigenvalue weighted by Crippen LogP contribution is -1.81. The van der Waals surface area contributed by atoms with Crippen molar-refractivity contribution in [2.75, 3.05) is 0 Å². The molecule has 112 valence electrons. The number of aromatic nitrogens is 2. The van der Waals surface area contributed by atoms with E-state index in [1.807, 2.05) is 36.4 Å². The van der Waals surface area contributed by atoms with Crippen LogP contribution in [0.2, 0.25) is 0 Å². The molecular formula is C18H13N3O2. The van der Waals surface area contributed by atoms with Crippen LogP contribution in [0.3, 0.4) is 0 Å². The number of phenols is 1. The van der Waals surface area contributed by atoms with E-state index in [1.54, 1.807) is 24.5 Å². The molecular weight excluding hydrogens is 290 g/mol. The molecule has 0 saturated carbocycles. The first kappa shape index (κ1) is 13.3. The maximum Gasteiger partial charge on any atom is 0.199 e. The summed E-state index contributed by atoms with van der Waals surface area (Å²) in [5, 5.41) is 22.4. The van der Waals surface area contributed by atoms with Crippen LogP contribution < -0.4 is 0 Å². The van der Waals surface area contributed by atoms with Gasteiger partial charge in [-0.3, -0.25) is 4.99 Å². The molecule has 2 aromatic heterocycles. The Bertz CT molecular complexity index is 1050. The van der Waals surface area contributed by atoms with Gasteiger partial charge in [-0.25, -0.2) is 4.98 Å². The Balaban J connectivity index is 1.86. The van der Waals surface area contributed by atoms with Crippen LogP contribution in [-0.4, -0.2) is 26.4 Å². The molecule has 0 aliphatic rings. The molecule has 2 aromatic carbocycles. The molecule has 5 heteroatoms. The van der Waals surface area contributed by atoms with E-state index in [4.69, 9.17) is 0 Å². The number of fused-ring (bicyclic) bond motifs is 2. The van der Waals surface area contributed by atoms with Gasteiger partial charge in [-0.05, 0) is 24.3 Å². The predicted molar refractivity (Wildman–Crippen MR) is 90.6 cm³/mol. The highest BCUT2D eigenvalue weighted by atomic mass is 16.3. The Morgan fingerprint density at radius 3 is 2.57 bits per heavy atom. The molecule has 2 heterocycles. The fourth-order valence-electron chi connectivity index (χ4n) is 2.67. The number of aliphatic imine (C=N–C) groups is 1. The van der Waals surface area contributed by atoms with Crippen molar-refractivity contribution < 1.29 is 10.2 Å². The van der Waals surface area contributed by atoms with E-state index in [0.717, 1.165) is 21.8 Å². The maximum atomic E-state index is 10.0. The Morgan fingerprint density at radius 2 is 1.70 bits per heavy atom. The van der Waals surface area contributed by atoms with Gasteiger partial charge in [0.2, 0.25) is 0 Å². The fourth-order valence-corrected chi connectivity index (χ4v) is 2.67. The first-order chi connectivity index (χ1) is 11.2. The minimum Gasteiger partial charge on any atom is -0.507 e. The van der Waals surface area contributed by atoms with Crippen molar-refractivity contribution in [3.05, 3.63) is 60.3 Å². The zero-order chi connectivity index (χ0) is 15.8. The number of nitrogens with one attached hydrogen (secondary N) is 1. The number of benzene rings is 2. The Kier molecular flexibility index (Phi) is 2.98. The van der Waals surface area contributed by atoms with Crippen molar-refractivity contribution in [1.29, 1.82) is 0 Å². The van der Waals surface area contributed by atoms with E-state index in [2.05, 4.69) is 15.0 Å². The van der Waals surface area contributed by atoms with E-state index in [0.29, 0.717) is 11.2 Å². The molecule has 0 spiro atoms. The van der Waals surface area contributed by atoms with Gasteiger partial charge >= 0.3 is 0 Å². The summed E-state index contributed by atoms with van der Waals surface area (Å²) in [6.07, 6.45) is 3.27. The third kappa shape index (κ3) is 2.19. The zero-order valence-corrected chi connectivity index (χ0v) is 12.1. The Labute approximate surface area is 131 Å². The summed E-state index contributed by atoms with van der Waals surface area (Å²) in [6, 6.07) is 14.6. The van der Waals surface area contributed by atoms with E-state index in [-0.39, 0.29) is 11.6 Å². The fraction of sp³-hybridized carbons (Fsp3) is 0. The van der Waals surface area contributed by atoms with Crippen LogP contribution in [0.5, 0.6) is 11.6 Å². The highest BCUT2D eigenvalue weighted by Crippen LogP contribution is 2.33. The number of hydrogen-bond acceptors (Lipinski definition) is 4. The van der Waals surface area contributed by atoms with Gasteiger partial charge in [-0.2, -0.15) is 0 Å². The largest absolute Gasteiger partial charge is 0.507 e. The molecule has 0 aliphatic carbocycles. The summed E-state index contributed by atoms with van der Waals surface area (Å²) in [7, 11) is 0. The highest BCUT2D eigenvalue weighted by Gasteiger charge is 2.09. The molecule has 4 rings (SSSR count). The van der Waals surface area contributed by atoms with Crippen LogP contribution in [0.1, 0.15) is 5.56 Å². The van der Waals surface area contributed by atoms with Crippen molar-refractivity contribution in [2.24, 2.45) is 4.99 Å². The second kappa shape index (κ2) is 5.14. The lowest BCUT2D eigenvalue weighted by Gasteiger charge is -2.03. The van der Waals surface area contributed by atoms with Gasteiger partial charge < -0.3 is 15.2 Å². The average molecular weight is 303 g/mol. The smallest absolute Gasteiger partial charge is 0.199 e. The molecule has 0 bridgehead atoms. The highest BCUT2D eigenvalue weighted by molar-refractivity contribution is 6.03. The number of pyridine rings is 1. The van der Waals surface area contributed by atoms with Gasteiger partial charge in [-0.15, -0.1) is 0 Å². The van der Waals surface area contributed by atoms with Gasteiger partial charge in [0.15, 0.2) is 5.88 Å². The van der Waals surface area contributed by atoms with Gasteiger partial charge in [0.1, 0.15) is 11.4 Å². The molecule has 4 aromatic rings. The average Bonchev–Trinajstić information content (AvgIpc) is 2.90. The summed E-state index contributed by atoms with van der Waals surface area (Å²) in [5.74, 6) is 0.254. The third-order valence-corrected chi connectivity index (χ3v) is 3.80. The molecule has 0 atom stereocenters. The monoisotopic (exact) mass is 303 g/mol. The molecule has 0 radical (unpaired) electrons. The van der Waals surface area contributed by atoms with E-state index < -0.39 is 0 Å². The normalized spacial score (nSPS) is 11.7. The van der Waals surface area contributed by atoms with Crippen LogP contribution in [0.4, 0.5) is 5.69 Å². The van der Waals surface area contributed by atoms with Gasteiger partial charge in [0.05, 0.1) is 11.3 Å². The van der Waals surface area contributed by atoms with Crippen molar-refractivity contribution in [3.63, 3.8) is 0 Å². The lowest BCUT2D eigenvalue weighted by molar-refractivity contribution is 0.457. The summed E-state index contributed by atoms with van der Waals surface area (Å²) in [4.78, 5) is 11.5. The topological polar surface area (TPSA) is 81.5 Å². The quantitative estimate of drug-likeness (QED) is 0.491. The Hall–Kier alpha value is -3.34. The second-order valence-corrected chi connectivity index (χ2v) is 5.19.